The Morgan fingerprint density at radius 3 is 2.57 bits per heavy atom. The van der Waals surface area contributed by atoms with Crippen LogP contribution in [-0.4, -0.2) is 101 Å². The smallest absolute Gasteiger partial charge is 0.271 e. The number of nitrogens with zero attached hydrogens (tertiary/aromatic N) is 5. The third kappa shape index (κ3) is 6.59. The van der Waals surface area contributed by atoms with E-state index >= 15 is 0 Å². The molecule has 2 saturated heterocycles. The molecule has 1 unspecified atom stereocenters. The van der Waals surface area contributed by atoms with Gasteiger partial charge in [0.25, 0.3) is 11.8 Å². The summed E-state index contributed by atoms with van der Waals surface area (Å²) < 4.78 is 0. The van der Waals surface area contributed by atoms with Crippen molar-refractivity contribution in [1.29, 1.82) is 0 Å². The second-order valence-electron chi connectivity index (χ2n) is 10.8. The molecule has 4 amide bonds. The van der Waals surface area contributed by atoms with Gasteiger partial charge in [0.05, 0.1) is 23.3 Å². The number of rotatable bonds is 6. The summed E-state index contributed by atoms with van der Waals surface area (Å²) in [5, 5.41) is 6.97. The number of carbonyl (C=O) groups is 4. The normalized spacial score (nSPS) is 17.7. The molecule has 1 aromatic carbocycles. The zero-order valence-electron chi connectivity index (χ0n) is 23.9. The van der Waals surface area contributed by atoms with Crippen molar-refractivity contribution in [3.63, 3.8) is 0 Å². The second-order valence-corrected chi connectivity index (χ2v) is 10.8. The van der Waals surface area contributed by atoms with Crippen LogP contribution in [0.15, 0.2) is 53.8 Å². The number of fused-ring (bicyclic) bond motifs is 1. The van der Waals surface area contributed by atoms with E-state index in [4.69, 9.17) is 4.99 Å². The molecule has 0 bridgehead atoms. The lowest BCUT2D eigenvalue weighted by molar-refractivity contribution is -0.140. The molecular formula is C30H36N8O4. The minimum absolute atomic E-state index is 0.0332. The van der Waals surface area contributed by atoms with Gasteiger partial charge in [0, 0.05) is 51.5 Å². The maximum Gasteiger partial charge on any atom is 0.271 e. The number of aromatic nitrogens is 2. The summed E-state index contributed by atoms with van der Waals surface area (Å²) in [6, 6.07) is 9.85. The van der Waals surface area contributed by atoms with E-state index in [2.05, 4.69) is 20.6 Å². The maximum atomic E-state index is 13.6. The number of H-pyrrole nitrogens is 1. The Hall–Kier alpha value is -4.74. The molecule has 1 atom stereocenters. The third-order valence-corrected chi connectivity index (χ3v) is 7.55. The van der Waals surface area contributed by atoms with Crippen molar-refractivity contribution in [2.45, 2.75) is 38.1 Å². The molecule has 0 aliphatic carbocycles. The standard InChI is InChI=1S/C30H36N8O4/c1-36(2)28(41)23-12-11-21(18-32-23)27(40)35-30(33-22-10-7-8-20-13-14-31-26(20)22)34-24-9-3-4-17-38(29(24)42)19-25(39)37-15-5-6-16-37/h7-8,10-14,18,24,31H,3-6,9,15-17,19H2,1-2H3,(H2,33,34,35,40). The van der Waals surface area contributed by atoms with Crippen molar-refractivity contribution in [3.05, 3.63) is 60.0 Å². The van der Waals surface area contributed by atoms with Crippen molar-refractivity contribution in [1.82, 2.24) is 30.0 Å². The molecule has 42 heavy (non-hydrogen) atoms. The first-order chi connectivity index (χ1) is 20.3. The highest BCUT2D eigenvalue weighted by Gasteiger charge is 2.30. The summed E-state index contributed by atoms with van der Waals surface area (Å²) in [7, 11) is 3.25. The van der Waals surface area contributed by atoms with Crippen LogP contribution in [0.3, 0.4) is 0 Å². The molecule has 4 heterocycles. The number of aromatic amines is 1. The number of hydrogen-bond acceptors (Lipinski definition) is 6. The summed E-state index contributed by atoms with van der Waals surface area (Å²) >= 11 is 0. The lowest BCUT2D eigenvalue weighted by atomic mass is 10.1. The van der Waals surface area contributed by atoms with Gasteiger partial charge in [-0.15, -0.1) is 0 Å². The number of anilines is 1. The van der Waals surface area contributed by atoms with E-state index in [-0.39, 0.29) is 41.5 Å². The fraction of sp³-hybridized carbons (Fsp3) is 0.400. The fourth-order valence-corrected chi connectivity index (χ4v) is 5.22. The summed E-state index contributed by atoms with van der Waals surface area (Å²) in [4.78, 5) is 68.8. The maximum absolute atomic E-state index is 13.6. The van der Waals surface area contributed by atoms with E-state index in [0.717, 1.165) is 49.7 Å². The molecule has 5 rings (SSSR count). The highest BCUT2D eigenvalue weighted by atomic mass is 16.2. The number of hydrogen-bond donors (Lipinski definition) is 3. The van der Waals surface area contributed by atoms with E-state index in [1.54, 1.807) is 19.0 Å². The Morgan fingerprint density at radius 2 is 1.83 bits per heavy atom. The summed E-state index contributed by atoms with van der Waals surface area (Å²) in [6.45, 7) is 1.98. The summed E-state index contributed by atoms with van der Waals surface area (Å²) in [6.07, 6.45) is 7.14. The highest BCUT2D eigenvalue weighted by molar-refractivity contribution is 6.12. The number of amides is 4. The molecule has 3 aromatic rings. The first kappa shape index (κ1) is 28.8. The summed E-state index contributed by atoms with van der Waals surface area (Å²) in [5.41, 5.74) is 1.93. The average molecular weight is 573 g/mol. The van der Waals surface area contributed by atoms with Gasteiger partial charge < -0.3 is 25.0 Å². The van der Waals surface area contributed by atoms with Crippen molar-refractivity contribution >= 4 is 46.2 Å². The topological polar surface area (TPSA) is 143 Å². The van der Waals surface area contributed by atoms with Crippen molar-refractivity contribution in [3.8, 4) is 0 Å². The van der Waals surface area contributed by atoms with E-state index in [0.29, 0.717) is 18.7 Å². The fourth-order valence-electron chi connectivity index (χ4n) is 5.22. The van der Waals surface area contributed by atoms with E-state index in [9.17, 15) is 19.2 Å². The van der Waals surface area contributed by atoms with Gasteiger partial charge in [0.15, 0.2) is 0 Å². The molecule has 3 N–H and O–H groups in total. The lowest BCUT2D eigenvalue weighted by Crippen LogP contribution is -2.45. The number of guanidine groups is 1. The number of pyridine rings is 1. The van der Waals surface area contributed by atoms with Crippen LogP contribution >= 0.6 is 0 Å². The molecule has 0 spiro atoms. The predicted molar refractivity (Wildman–Crippen MR) is 159 cm³/mol. The Labute approximate surface area is 244 Å². The van der Waals surface area contributed by atoms with Gasteiger partial charge in [0.1, 0.15) is 11.7 Å². The minimum Gasteiger partial charge on any atom is -0.359 e. The minimum atomic E-state index is -0.775. The van der Waals surface area contributed by atoms with Gasteiger partial charge in [-0.1, -0.05) is 12.1 Å². The first-order valence-corrected chi connectivity index (χ1v) is 14.3. The molecule has 2 aromatic heterocycles. The number of likely N-dealkylation sites (tertiary alicyclic amines) is 2. The molecule has 0 radical (unpaired) electrons. The Balaban J connectivity index is 1.40. The molecular weight excluding hydrogens is 536 g/mol. The predicted octanol–water partition coefficient (Wildman–Crippen LogP) is 2.47. The van der Waals surface area contributed by atoms with Crippen LogP contribution in [-0.2, 0) is 9.59 Å². The summed E-state index contributed by atoms with van der Waals surface area (Å²) in [5.74, 6) is -0.955. The number of aliphatic imine (C=N–C) groups is 1. The first-order valence-electron chi connectivity index (χ1n) is 14.3. The number of carbonyl (C=O) groups excluding carboxylic acids is 4. The molecule has 220 valence electrons. The quantitative estimate of drug-likeness (QED) is 0.306. The van der Waals surface area contributed by atoms with Gasteiger partial charge in [-0.25, -0.2) is 4.99 Å². The second kappa shape index (κ2) is 12.8. The van der Waals surface area contributed by atoms with Gasteiger partial charge in [-0.3, -0.25) is 29.5 Å². The van der Waals surface area contributed by atoms with Crippen molar-refractivity contribution < 1.29 is 19.2 Å². The average Bonchev–Trinajstić information content (AvgIpc) is 3.68. The molecule has 2 fully saturated rings. The van der Waals surface area contributed by atoms with E-state index < -0.39 is 11.9 Å². The lowest BCUT2D eigenvalue weighted by Gasteiger charge is -2.25. The SMILES string of the molecule is CN(C)C(=O)c1ccc(C(=O)NC(=NC2CCCCN(CC(=O)N3CCCC3)C2=O)Nc2cccc3cc[nH]c23)cn1. The van der Waals surface area contributed by atoms with Gasteiger partial charge >= 0.3 is 0 Å². The van der Waals surface area contributed by atoms with Crippen molar-refractivity contribution in [2.24, 2.45) is 4.99 Å². The number of nitrogens with one attached hydrogen (secondary N) is 3. The molecule has 12 heteroatoms. The Bertz CT molecular complexity index is 1490. The van der Waals surface area contributed by atoms with E-state index in [1.807, 2.05) is 35.4 Å². The van der Waals surface area contributed by atoms with E-state index in [1.165, 1.54) is 23.2 Å². The Kier molecular flexibility index (Phi) is 8.80. The highest BCUT2D eigenvalue weighted by Crippen LogP contribution is 2.22. The number of benzene rings is 1. The zero-order chi connectivity index (χ0) is 29.6. The number of para-hydroxylation sites is 1. The van der Waals surface area contributed by atoms with Crippen LogP contribution in [0.25, 0.3) is 10.9 Å². The van der Waals surface area contributed by atoms with Gasteiger partial charge in [0.2, 0.25) is 17.8 Å². The van der Waals surface area contributed by atoms with Gasteiger partial charge in [-0.2, -0.15) is 0 Å². The van der Waals surface area contributed by atoms with Crippen LogP contribution in [0, 0.1) is 0 Å². The van der Waals surface area contributed by atoms with Crippen LogP contribution in [0.4, 0.5) is 5.69 Å². The van der Waals surface area contributed by atoms with Crippen LogP contribution < -0.4 is 10.6 Å². The molecule has 12 nitrogen and oxygen atoms in total. The molecule has 0 saturated carbocycles. The largest absolute Gasteiger partial charge is 0.359 e. The molecule has 2 aliphatic heterocycles. The van der Waals surface area contributed by atoms with Crippen LogP contribution in [0.2, 0.25) is 0 Å². The van der Waals surface area contributed by atoms with Gasteiger partial charge in [-0.05, 0) is 56.4 Å². The zero-order valence-corrected chi connectivity index (χ0v) is 23.9. The van der Waals surface area contributed by atoms with Crippen molar-refractivity contribution in [2.75, 3.05) is 45.6 Å². The van der Waals surface area contributed by atoms with Crippen LogP contribution in [0.1, 0.15) is 53.0 Å². The van der Waals surface area contributed by atoms with Crippen LogP contribution in [0.5, 0.6) is 0 Å². The Morgan fingerprint density at radius 1 is 1.05 bits per heavy atom. The monoisotopic (exact) mass is 572 g/mol. The molecule has 2 aliphatic rings. The third-order valence-electron chi connectivity index (χ3n) is 7.55.